The first-order chi connectivity index (χ1) is 8.44. The molecule has 2 nitrogen and oxygen atoms in total. The lowest BCUT2D eigenvalue weighted by atomic mass is 9.89. The molecule has 0 amide bonds. The molecule has 0 heterocycles. The van der Waals surface area contributed by atoms with E-state index >= 15 is 0 Å². The van der Waals surface area contributed by atoms with E-state index in [0.29, 0.717) is 0 Å². The van der Waals surface area contributed by atoms with Crippen LogP contribution in [0.4, 0.5) is 0 Å². The Kier molecular flexibility index (Phi) is 6.13. The van der Waals surface area contributed by atoms with Crippen molar-refractivity contribution >= 4 is 11.6 Å². The molecule has 0 saturated heterocycles. The zero-order chi connectivity index (χ0) is 13.6. The predicted octanol–water partition coefficient (Wildman–Crippen LogP) is 3.80. The number of methoxy groups -OCH3 is 1. The van der Waals surface area contributed by atoms with Gasteiger partial charge in [0.25, 0.3) is 0 Å². The average molecular weight is 270 g/mol. The normalized spacial score (nSPS) is 11.8. The van der Waals surface area contributed by atoms with Crippen molar-refractivity contribution < 1.29 is 4.74 Å². The van der Waals surface area contributed by atoms with E-state index in [9.17, 15) is 0 Å². The average Bonchev–Trinajstić information content (AvgIpc) is 2.31. The van der Waals surface area contributed by atoms with E-state index in [2.05, 4.69) is 31.3 Å². The lowest BCUT2D eigenvalue weighted by molar-refractivity contribution is 0.150. The standard InChI is InChI=1S/C15H24ClNO/c1-12-5-6-13(9-14(12)16)10-17-11-15(2,3)7-8-18-4/h5-6,9,17H,7-8,10-11H2,1-4H3. The van der Waals surface area contributed by atoms with E-state index in [-0.39, 0.29) is 5.41 Å². The summed E-state index contributed by atoms with van der Waals surface area (Å²) in [5.41, 5.74) is 2.61. The largest absolute Gasteiger partial charge is 0.385 e. The van der Waals surface area contributed by atoms with Crippen LogP contribution in [0.2, 0.25) is 5.02 Å². The van der Waals surface area contributed by atoms with Gasteiger partial charge in [0.1, 0.15) is 0 Å². The van der Waals surface area contributed by atoms with Gasteiger partial charge in [0, 0.05) is 31.8 Å². The fraction of sp³-hybridized carbons (Fsp3) is 0.600. The fourth-order valence-corrected chi connectivity index (χ4v) is 1.96. The molecule has 0 fully saturated rings. The van der Waals surface area contributed by atoms with Gasteiger partial charge in [-0.15, -0.1) is 0 Å². The van der Waals surface area contributed by atoms with Crippen LogP contribution < -0.4 is 5.32 Å². The summed E-state index contributed by atoms with van der Waals surface area (Å²) in [6.45, 7) is 9.17. The van der Waals surface area contributed by atoms with E-state index < -0.39 is 0 Å². The summed E-state index contributed by atoms with van der Waals surface area (Å²) in [7, 11) is 1.75. The molecule has 1 aromatic carbocycles. The van der Waals surface area contributed by atoms with E-state index in [0.717, 1.165) is 36.7 Å². The topological polar surface area (TPSA) is 21.3 Å². The van der Waals surface area contributed by atoms with Crippen molar-refractivity contribution in [2.75, 3.05) is 20.3 Å². The lowest BCUT2D eigenvalue weighted by Crippen LogP contribution is -2.30. The number of halogens is 1. The molecule has 0 aliphatic carbocycles. The summed E-state index contributed by atoms with van der Waals surface area (Å²) in [5.74, 6) is 0. The molecule has 18 heavy (non-hydrogen) atoms. The highest BCUT2D eigenvalue weighted by molar-refractivity contribution is 6.31. The molecule has 1 aromatic rings. The monoisotopic (exact) mass is 269 g/mol. The Hall–Kier alpha value is -0.570. The molecular weight excluding hydrogens is 246 g/mol. The smallest absolute Gasteiger partial charge is 0.0467 e. The highest BCUT2D eigenvalue weighted by Crippen LogP contribution is 2.20. The molecule has 0 aromatic heterocycles. The fourth-order valence-electron chi connectivity index (χ4n) is 1.76. The molecule has 0 bridgehead atoms. The second kappa shape index (κ2) is 7.13. The van der Waals surface area contributed by atoms with Gasteiger partial charge in [-0.05, 0) is 36.0 Å². The predicted molar refractivity (Wildman–Crippen MR) is 78.2 cm³/mol. The molecule has 0 saturated carbocycles. The number of ether oxygens (including phenoxy) is 1. The summed E-state index contributed by atoms with van der Waals surface area (Å²) >= 11 is 6.11. The van der Waals surface area contributed by atoms with Crippen LogP contribution in [0.15, 0.2) is 18.2 Å². The molecular formula is C15H24ClNO. The Labute approximate surface area is 116 Å². The molecule has 0 atom stereocenters. The third kappa shape index (κ3) is 5.38. The summed E-state index contributed by atoms with van der Waals surface area (Å²) in [6, 6.07) is 6.22. The maximum atomic E-state index is 6.11. The Morgan fingerprint density at radius 3 is 2.67 bits per heavy atom. The van der Waals surface area contributed by atoms with Crippen LogP contribution in [0.25, 0.3) is 0 Å². The zero-order valence-electron chi connectivity index (χ0n) is 11.8. The van der Waals surface area contributed by atoms with Gasteiger partial charge >= 0.3 is 0 Å². The van der Waals surface area contributed by atoms with Crippen LogP contribution in [0, 0.1) is 12.3 Å². The highest BCUT2D eigenvalue weighted by atomic mass is 35.5. The summed E-state index contributed by atoms with van der Waals surface area (Å²) in [5, 5.41) is 4.32. The van der Waals surface area contributed by atoms with Gasteiger partial charge in [-0.3, -0.25) is 0 Å². The lowest BCUT2D eigenvalue weighted by Gasteiger charge is -2.24. The molecule has 0 spiro atoms. The second-order valence-corrected chi connectivity index (χ2v) is 6.00. The van der Waals surface area contributed by atoms with Crippen LogP contribution in [-0.2, 0) is 11.3 Å². The Morgan fingerprint density at radius 1 is 1.33 bits per heavy atom. The van der Waals surface area contributed by atoms with Crippen molar-refractivity contribution in [3.05, 3.63) is 34.3 Å². The minimum Gasteiger partial charge on any atom is -0.385 e. The van der Waals surface area contributed by atoms with Crippen LogP contribution in [-0.4, -0.2) is 20.3 Å². The van der Waals surface area contributed by atoms with E-state index in [1.54, 1.807) is 7.11 Å². The molecule has 102 valence electrons. The Bertz CT molecular complexity index is 377. The highest BCUT2D eigenvalue weighted by Gasteiger charge is 2.16. The quantitative estimate of drug-likeness (QED) is 0.813. The van der Waals surface area contributed by atoms with Crippen molar-refractivity contribution in [3.8, 4) is 0 Å². The summed E-state index contributed by atoms with van der Waals surface area (Å²) < 4.78 is 5.13. The molecule has 3 heteroatoms. The van der Waals surface area contributed by atoms with Crippen molar-refractivity contribution in [1.82, 2.24) is 5.32 Å². The SMILES string of the molecule is COCCC(C)(C)CNCc1ccc(C)c(Cl)c1. The number of nitrogens with one attached hydrogen (secondary N) is 1. The molecule has 1 N–H and O–H groups in total. The zero-order valence-corrected chi connectivity index (χ0v) is 12.6. The Morgan fingerprint density at radius 2 is 2.06 bits per heavy atom. The molecule has 0 aliphatic heterocycles. The van der Waals surface area contributed by atoms with Gasteiger partial charge in [-0.2, -0.15) is 0 Å². The first kappa shape index (κ1) is 15.5. The van der Waals surface area contributed by atoms with Crippen molar-refractivity contribution in [2.24, 2.45) is 5.41 Å². The summed E-state index contributed by atoms with van der Waals surface area (Å²) in [6.07, 6.45) is 1.06. The van der Waals surface area contributed by atoms with Crippen LogP contribution >= 0.6 is 11.6 Å². The molecule has 0 aliphatic rings. The van der Waals surface area contributed by atoms with Crippen molar-refractivity contribution in [2.45, 2.75) is 33.7 Å². The molecule has 0 unspecified atom stereocenters. The third-order valence-electron chi connectivity index (χ3n) is 3.15. The Balaban J connectivity index is 2.39. The van der Waals surface area contributed by atoms with E-state index in [1.165, 1.54) is 5.56 Å². The third-order valence-corrected chi connectivity index (χ3v) is 3.56. The maximum Gasteiger partial charge on any atom is 0.0467 e. The number of rotatable bonds is 7. The number of aryl methyl sites for hydroxylation is 1. The maximum absolute atomic E-state index is 6.11. The van der Waals surface area contributed by atoms with Crippen molar-refractivity contribution in [3.63, 3.8) is 0 Å². The van der Waals surface area contributed by atoms with Gasteiger partial charge in [0.05, 0.1) is 0 Å². The minimum atomic E-state index is 0.254. The van der Waals surface area contributed by atoms with Crippen LogP contribution in [0.5, 0.6) is 0 Å². The van der Waals surface area contributed by atoms with Crippen LogP contribution in [0.1, 0.15) is 31.4 Å². The van der Waals surface area contributed by atoms with Gasteiger partial charge in [0.15, 0.2) is 0 Å². The first-order valence-corrected chi connectivity index (χ1v) is 6.77. The second-order valence-electron chi connectivity index (χ2n) is 5.59. The van der Waals surface area contributed by atoms with Gasteiger partial charge in [0.2, 0.25) is 0 Å². The van der Waals surface area contributed by atoms with Gasteiger partial charge in [-0.25, -0.2) is 0 Å². The molecule has 1 rings (SSSR count). The number of benzene rings is 1. The summed E-state index contributed by atoms with van der Waals surface area (Å²) in [4.78, 5) is 0. The van der Waals surface area contributed by atoms with E-state index in [1.807, 2.05) is 13.0 Å². The number of hydrogen-bond donors (Lipinski definition) is 1. The van der Waals surface area contributed by atoms with Crippen LogP contribution in [0.3, 0.4) is 0 Å². The van der Waals surface area contributed by atoms with E-state index in [4.69, 9.17) is 16.3 Å². The van der Waals surface area contributed by atoms with Gasteiger partial charge < -0.3 is 10.1 Å². The van der Waals surface area contributed by atoms with Gasteiger partial charge in [-0.1, -0.05) is 37.6 Å². The molecule has 0 radical (unpaired) electrons. The minimum absolute atomic E-state index is 0.254. The number of hydrogen-bond acceptors (Lipinski definition) is 2. The first-order valence-electron chi connectivity index (χ1n) is 6.39. The van der Waals surface area contributed by atoms with Crippen molar-refractivity contribution in [1.29, 1.82) is 0 Å².